The summed E-state index contributed by atoms with van der Waals surface area (Å²) < 4.78 is 11.3. The number of anilines is 1. The van der Waals surface area contributed by atoms with Crippen LogP contribution in [0.25, 0.3) is 5.76 Å². The maximum Gasteiger partial charge on any atom is 0.300 e. The summed E-state index contributed by atoms with van der Waals surface area (Å²) in [7, 11) is 1.56. The van der Waals surface area contributed by atoms with Crippen molar-refractivity contribution in [2.75, 3.05) is 12.0 Å². The molecule has 1 aliphatic heterocycles. The third kappa shape index (κ3) is 4.76. The number of rotatable bonds is 7. The highest BCUT2D eigenvalue weighted by Crippen LogP contribution is 2.43. The first-order valence-electron chi connectivity index (χ1n) is 12.3. The van der Waals surface area contributed by atoms with Gasteiger partial charge in [-0.3, -0.25) is 14.5 Å². The van der Waals surface area contributed by atoms with Crippen LogP contribution in [0.2, 0.25) is 0 Å². The molecule has 0 saturated carbocycles. The molecule has 4 aromatic rings. The van der Waals surface area contributed by atoms with E-state index < -0.39 is 17.7 Å². The topological polar surface area (TPSA) is 76.1 Å². The zero-order chi connectivity index (χ0) is 26.6. The summed E-state index contributed by atoms with van der Waals surface area (Å²) >= 11 is 0. The molecule has 0 aliphatic carbocycles. The van der Waals surface area contributed by atoms with Gasteiger partial charge in [0, 0.05) is 11.3 Å². The number of carbonyl (C=O) groups excluding carboxylic acids is 2. The number of aryl methyl sites for hydroxylation is 1. The predicted molar refractivity (Wildman–Crippen MR) is 146 cm³/mol. The van der Waals surface area contributed by atoms with Gasteiger partial charge in [0.15, 0.2) is 0 Å². The minimum Gasteiger partial charge on any atom is -0.507 e. The lowest BCUT2D eigenvalue weighted by Gasteiger charge is -2.26. The molecule has 1 heterocycles. The van der Waals surface area contributed by atoms with Crippen LogP contribution >= 0.6 is 0 Å². The summed E-state index contributed by atoms with van der Waals surface area (Å²) in [6.07, 6.45) is 0. The molecule has 0 radical (unpaired) electrons. The summed E-state index contributed by atoms with van der Waals surface area (Å²) in [5.41, 5.74) is 3.41. The Morgan fingerprint density at radius 1 is 0.842 bits per heavy atom. The maximum absolute atomic E-state index is 13.5. The molecule has 0 bridgehead atoms. The monoisotopic (exact) mass is 505 g/mol. The van der Waals surface area contributed by atoms with E-state index in [0.717, 1.165) is 5.56 Å². The molecule has 1 N–H and O–H groups in total. The Hall–Kier alpha value is -4.84. The maximum atomic E-state index is 13.5. The molecule has 0 aromatic heterocycles. The number of aliphatic hydroxyl groups excluding tert-OH is 1. The molecule has 1 atom stereocenters. The average Bonchev–Trinajstić information content (AvgIpc) is 3.22. The number of hydrogen-bond donors (Lipinski definition) is 1. The van der Waals surface area contributed by atoms with Gasteiger partial charge in [-0.05, 0) is 66.1 Å². The highest BCUT2D eigenvalue weighted by atomic mass is 16.5. The van der Waals surface area contributed by atoms with Crippen LogP contribution in [0.3, 0.4) is 0 Å². The number of amides is 1. The number of hydrogen-bond acceptors (Lipinski definition) is 5. The van der Waals surface area contributed by atoms with E-state index in [-0.39, 0.29) is 11.3 Å². The van der Waals surface area contributed by atoms with Crippen molar-refractivity contribution in [1.82, 2.24) is 0 Å². The SMILES string of the molecule is COc1ccc(/C(O)=C2\C(=O)C(=O)N(c3ccccc3)C2c2cccc(OCc3ccccc3)c2)c(C)c1. The Balaban J connectivity index is 1.62. The molecule has 1 unspecified atom stereocenters. The van der Waals surface area contributed by atoms with E-state index in [1.807, 2.05) is 67.6 Å². The molecule has 0 spiro atoms. The fourth-order valence-electron chi connectivity index (χ4n) is 4.69. The number of ether oxygens (including phenoxy) is 2. The molecule has 38 heavy (non-hydrogen) atoms. The van der Waals surface area contributed by atoms with Gasteiger partial charge in [-0.2, -0.15) is 0 Å². The lowest BCUT2D eigenvalue weighted by molar-refractivity contribution is -0.132. The van der Waals surface area contributed by atoms with Crippen LogP contribution in [0.5, 0.6) is 11.5 Å². The van der Waals surface area contributed by atoms with Crippen molar-refractivity contribution in [2.24, 2.45) is 0 Å². The van der Waals surface area contributed by atoms with Crippen LogP contribution in [0.15, 0.2) is 109 Å². The van der Waals surface area contributed by atoms with Crippen molar-refractivity contribution in [3.63, 3.8) is 0 Å². The molecule has 6 heteroatoms. The Bertz CT molecular complexity index is 1510. The van der Waals surface area contributed by atoms with Gasteiger partial charge in [0.1, 0.15) is 23.9 Å². The summed E-state index contributed by atoms with van der Waals surface area (Å²) in [6, 6.07) is 30.4. The first-order valence-corrected chi connectivity index (χ1v) is 12.3. The van der Waals surface area contributed by atoms with E-state index >= 15 is 0 Å². The predicted octanol–water partition coefficient (Wildman–Crippen LogP) is 6.21. The number of carbonyl (C=O) groups is 2. The van der Waals surface area contributed by atoms with E-state index in [4.69, 9.17) is 9.47 Å². The highest BCUT2D eigenvalue weighted by molar-refractivity contribution is 6.51. The normalized spacial score (nSPS) is 16.5. The van der Waals surface area contributed by atoms with Gasteiger partial charge in [-0.1, -0.05) is 60.7 Å². The zero-order valence-corrected chi connectivity index (χ0v) is 21.1. The molecule has 1 fully saturated rings. The van der Waals surface area contributed by atoms with Crippen LogP contribution in [0, 0.1) is 6.92 Å². The molecule has 1 saturated heterocycles. The zero-order valence-electron chi connectivity index (χ0n) is 21.1. The second kappa shape index (κ2) is 10.6. The largest absolute Gasteiger partial charge is 0.507 e. The fourth-order valence-corrected chi connectivity index (χ4v) is 4.69. The van der Waals surface area contributed by atoms with Gasteiger partial charge in [0.2, 0.25) is 0 Å². The summed E-state index contributed by atoms with van der Waals surface area (Å²) in [4.78, 5) is 28.3. The molecule has 1 amide bonds. The quantitative estimate of drug-likeness (QED) is 0.184. The van der Waals surface area contributed by atoms with Crippen molar-refractivity contribution in [3.8, 4) is 11.5 Å². The van der Waals surface area contributed by atoms with E-state index in [1.54, 1.807) is 49.6 Å². The van der Waals surface area contributed by atoms with Gasteiger partial charge in [-0.15, -0.1) is 0 Å². The minimum atomic E-state index is -0.848. The Kier molecular flexibility index (Phi) is 6.96. The molecular formula is C32H27NO5. The third-order valence-corrected chi connectivity index (χ3v) is 6.59. The van der Waals surface area contributed by atoms with E-state index in [1.165, 1.54) is 4.90 Å². The Morgan fingerprint density at radius 3 is 2.24 bits per heavy atom. The molecule has 190 valence electrons. The molecule has 6 nitrogen and oxygen atoms in total. The van der Waals surface area contributed by atoms with Crippen molar-refractivity contribution in [1.29, 1.82) is 0 Å². The Labute approximate surface area is 221 Å². The first kappa shape index (κ1) is 24.8. The number of Topliss-reactive ketones (excluding diaryl/α,β-unsaturated/α-hetero) is 1. The number of aliphatic hydroxyl groups is 1. The smallest absolute Gasteiger partial charge is 0.300 e. The minimum absolute atomic E-state index is 0.0207. The lowest BCUT2D eigenvalue weighted by atomic mass is 9.93. The Morgan fingerprint density at radius 2 is 1.55 bits per heavy atom. The average molecular weight is 506 g/mol. The van der Waals surface area contributed by atoms with Gasteiger partial charge >= 0.3 is 0 Å². The van der Waals surface area contributed by atoms with Crippen LogP contribution in [-0.4, -0.2) is 23.9 Å². The van der Waals surface area contributed by atoms with Gasteiger partial charge < -0.3 is 14.6 Å². The number of ketones is 1. The van der Waals surface area contributed by atoms with Crippen molar-refractivity contribution in [2.45, 2.75) is 19.6 Å². The molecular weight excluding hydrogens is 478 g/mol. The molecule has 5 rings (SSSR count). The van der Waals surface area contributed by atoms with E-state index in [2.05, 4.69) is 0 Å². The van der Waals surface area contributed by atoms with Gasteiger partial charge in [0.25, 0.3) is 11.7 Å². The second-order valence-electron chi connectivity index (χ2n) is 9.03. The third-order valence-electron chi connectivity index (χ3n) is 6.59. The van der Waals surface area contributed by atoms with Gasteiger partial charge in [-0.25, -0.2) is 0 Å². The summed E-state index contributed by atoms with van der Waals surface area (Å²) in [6.45, 7) is 2.19. The standard InChI is InChI=1S/C32H27NO5/c1-21-18-25(37-2)16-17-27(21)30(34)28-29(33(32(36)31(28)35)24-13-7-4-8-14-24)23-12-9-15-26(19-23)38-20-22-10-5-3-6-11-22/h3-19,29,34H,20H2,1-2H3/b30-28+. The highest BCUT2D eigenvalue weighted by Gasteiger charge is 2.47. The molecule has 1 aliphatic rings. The summed E-state index contributed by atoms with van der Waals surface area (Å²) in [5.74, 6) is -0.469. The number of methoxy groups -OCH3 is 1. The van der Waals surface area contributed by atoms with E-state index in [9.17, 15) is 14.7 Å². The lowest BCUT2D eigenvalue weighted by Crippen LogP contribution is -2.29. The van der Waals surface area contributed by atoms with Crippen molar-refractivity contribution >= 4 is 23.1 Å². The second-order valence-corrected chi connectivity index (χ2v) is 9.03. The van der Waals surface area contributed by atoms with Crippen LogP contribution in [-0.2, 0) is 16.2 Å². The fraction of sp³-hybridized carbons (Fsp3) is 0.125. The van der Waals surface area contributed by atoms with Crippen LogP contribution in [0.1, 0.15) is 28.3 Å². The van der Waals surface area contributed by atoms with Gasteiger partial charge in [0.05, 0.1) is 18.7 Å². The molecule has 4 aromatic carbocycles. The van der Waals surface area contributed by atoms with E-state index in [0.29, 0.717) is 40.5 Å². The number of benzene rings is 4. The van der Waals surface area contributed by atoms with Crippen molar-refractivity contribution < 1.29 is 24.2 Å². The van der Waals surface area contributed by atoms with Crippen molar-refractivity contribution in [3.05, 3.63) is 131 Å². The number of nitrogens with zero attached hydrogens (tertiary/aromatic N) is 1. The van der Waals surface area contributed by atoms with Crippen LogP contribution in [0.4, 0.5) is 5.69 Å². The number of para-hydroxylation sites is 1. The first-order chi connectivity index (χ1) is 18.5. The summed E-state index contributed by atoms with van der Waals surface area (Å²) in [5, 5.41) is 11.5. The van der Waals surface area contributed by atoms with Crippen LogP contribution < -0.4 is 14.4 Å².